The number of benzene rings is 2. The highest BCUT2D eigenvalue weighted by Gasteiger charge is 2.07. The molecule has 0 spiro atoms. The van der Waals surface area contributed by atoms with Crippen LogP contribution in [0.2, 0.25) is 5.02 Å². The van der Waals surface area contributed by atoms with Gasteiger partial charge in [-0.3, -0.25) is 0 Å². The van der Waals surface area contributed by atoms with Crippen LogP contribution in [0.4, 0.5) is 4.39 Å². The third-order valence-corrected chi connectivity index (χ3v) is 3.98. The number of rotatable bonds is 4. The summed E-state index contributed by atoms with van der Waals surface area (Å²) < 4.78 is 19.9. The molecule has 2 aromatic carbocycles. The second-order valence-electron chi connectivity index (χ2n) is 3.92. The molecule has 0 aromatic heterocycles. The van der Waals surface area contributed by atoms with E-state index in [1.165, 1.54) is 6.07 Å². The van der Waals surface area contributed by atoms with Gasteiger partial charge in [-0.1, -0.05) is 49.5 Å². The predicted molar refractivity (Wildman–Crippen MR) is 82.5 cm³/mol. The van der Waals surface area contributed by atoms with E-state index in [9.17, 15) is 4.39 Å². The van der Waals surface area contributed by atoms with Crippen molar-refractivity contribution in [2.75, 3.05) is 0 Å². The van der Waals surface area contributed by atoms with Crippen molar-refractivity contribution in [3.63, 3.8) is 0 Å². The molecular weight excluding hydrogens is 398 g/mol. The van der Waals surface area contributed by atoms with E-state index in [2.05, 4.69) is 31.9 Å². The zero-order valence-corrected chi connectivity index (χ0v) is 13.7. The summed E-state index contributed by atoms with van der Waals surface area (Å²) in [5.41, 5.74) is 1.54. The summed E-state index contributed by atoms with van der Waals surface area (Å²) in [5.74, 6) is 0.252. The quantitative estimate of drug-likeness (QED) is 0.589. The maximum absolute atomic E-state index is 13.6. The minimum atomic E-state index is -0.295. The van der Waals surface area contributed by atoms with Gasteiger partial charge in [0.1, 0.15) is 18.2 Å². The van der Waals surface area contributed by atoms with Crippen LogP contribution in [0.25, 0.3) is 0 Å². The first-order chi connectivity index (χ1) is 9.10. The molecule has 0 aliphatic heterocycles. The highest BCUT2D eigenvalue weighted by Crippen LogP contribution is 2.27. The fourth-order valence-corrected chi connectivity index (χ4v) is 2.57. The van der Waals surface area contributed by atoms with Crippen molar-refractivity contribution in [2.45, 2.75) is 11.9 Å². The molecule has 0 fully saturated rings. The largest absolute Gasteiger partial charge is 0.487 e. The minimum absolute atomic E-state index is 0.138. The summed E-state index contributed by atoms with van der Waals surface area (Å²) in [7, 11) is 0. The van der Waals surface area contributed by atoms with E-state index in [0.717, 1.165) is 15.4 Å². The summed E-state index contributed by atoms with van der Waals surface area (Å²) in [4.78, 5) is 0. The van der Waals surface area contributed by atoms with E-state index in [1.54, 1.807) is 18.2 Å². The molecular formula is C14H10Br2ClFO. The Hall–Kier alpha value is -0.580. The van der Waals surface area contributed by atoms with Gasteiger partial charge in [0, 0.05) is 15.4 Å². The Bertz CT molecular complexity index is 590. The van der Waals surface area contributed by atoms with Crippen LogP contribution in [0.1, 0.15) is 11.1 Å². The molecule has 2 aromatic rings. The van der Waals surface area contributed by atoms with Crippen LogP contribution in [0, 0.1) is 5.82 Å². The standard InChI is InChI=1S/C14H10Br2ClFO/c15-7-9-1-4-14(12(17)5-9)19-8-10-6-11(16)2-3-13(10)18/h1-6H,7-8H2. The van der Waals surface area contributed by atoms with Crippen molar-refractivity contribution < 1.29 is 9.13 Å². The smallest absolute Gasteiger partial charge is 0.138 e. The van der Waals surface area contributed by atoms with Gasteiger partial charge in [-0.15, -0.1) is 0 Å². The molecule has 0 aliphatic carbocycles. The molecule has 0 saturated heterocycles. The highest BCUT2D eigenvalue weighted by atomic mass is 79.9. The molecule has 0 unspecified atom stereocenters. The Morgan fingerprint density at radius 1 is 1.16 bits per heavy atom. The van der Waals surface area contributed by atoms with Crippen LogP contribution < -0.4 is 4.74 Å². The lowest BCUT2D eigenvalue weighted by molar-refractivity contribution is 0.300. The number of hydrogen-bond acceptors (Lipinski definition) is 1. The third-order valence-electron chi connectivity index (χ3n) is 2.54. The minimum Gasteiger partial charge on any atom is -0.487 e. The second kappa shape index (κ2) is 6.73. The maximum atomic E-state index is 13.6. The predicted octanol–water partition coefficient (Wildman–Crippen LogP) is 5.72. The normalized spacial score (nSPS) is 10.5. The SMILES string of the molecule is Fc1ccc(Br)cc1COc1ccc(CBr)cc1Cl. The number of halogens is 4. The summed E-state index contributed by atoms with van der Waals surface area (Å²) in [6.45, 7) is 0.138. The van der Waals surface area contributed by atoms with Gasteiger partial charge >= 0.3 is 0 Å². The summed E-state index contributed by atoms with van der Waals surface area (Å²) in [6, 6.07) is 10.3. The van der Waals surface area contributed by atoms with Gasteiger partial charge in [0.05, 0.1) is 5.02 Å². The Kier molecular flexibility index (Phi) is 5.25. The van der Waals surface area contributed by atoms with E-state index >= 15 is 0 Å². The molecule has 0 bridgehead atoms. The molecule has 0 heterocycles. The van der Waals surface area contributed by atoms with Gasteiger partial charge in [-0.05, 0) is 35.9 Å². The molecule has 0 saturated carbocycles. The van der Waals surface area contributed by atoms with Gasteiger partial charge in [-0.2, -0.15) is 0 Å². The lowest BCUT2D eigenvalue weighted by atomic mass is 10.2. The highest BCUT2D eigenvalue weighted by molar-refractivity contribution is 9.10. The lowest BCUT2D eigenvalue weighted by Crippen LogP contribution is -1.99. The Labute approximate surface area is 133 Å². The lowest BCUT2D eigenvalue weighted by Gasteiger charge is -2.10. The van der Waals surface area contributed by atoms with E-state index in [1.807, 2.05) is 12.1 Å². The van der Waals surface area contributed by atoms with Crippen LogP contribution in [0.15, 0.2) is 40.9 Å². The molecule has 2 rings (SSSR count). The Morgan fingerprint density at radius 3 is 2.63 bits per heavy atom. The molecule has 0 aliphatic rings. The van der Waals surface area contributed by atoms with Crippen molar-refractivity contribution in [2.24, 2.45) is 0 Å². The fraction of sp³-hybridized carbons (Fsp3) is 0.143. The zero-order chi connectivity index (χ0) is 13.8. The Balaban J connectivity index is 2.12. The summed E-state index contributed by atoms with van der Waals surface area (Å²) in [5, 5.41) is 1.25. The average molecular weight is 408 g/mol. The van der Waals surface area contributed by atoms with Crippen LogP contribution in [0.5, 0.6) is 5.75 Å². The van der Waals surface area contributed by atoms with Gasteiger partial charge in [0.25, 0.3) is 0 Å². The molecule has 5 heteroatoms. The van der Waals surface area contributed by atoms with E-state index < -0.39 is 0 Å². The Morgan fingerprint density at radius 2 is 1.95 bits per heavy atom. The molecule has 100 valence electrons. The first kappa shape index (κ1) is 14.8. The van der Waals surface area contributed by atoms with Crippen molar-refractivity contribution in [3.05, 3.63) is 62.8 Å². The van der Waals surface area contributed by atoms with Gasteiger partial charge in [-0.25, -0.2) is 4.39 Å². The van der Waals surface area contributed by atoms with E-state index in [0.29, 0.717) is 16.3 Å². The van der Waals surface area contributed by atoms with Crippen molar-refractivity contribution in [1.82, 2.24) is 0 Å². The second-order valence-corrected chi connectivity index (χ2v) is 5.81. The molecule has 0 radical (unpaired) electrons. The van der Waals surface area contributed by atoms with Crippen LogP contribution in [-0.2, 0) is 11.9 Å². The van der Waals surface area contributed by atoms with Crippen LogP contribution >= 0.6 is 43.5 Å². The van der Waals surface area contributed by atoms with E-state index in [-0.39, 0.29) is 12.4 Å². The van der Waals surface area contributed by atoms with Crippen molar-refractivity contribution in [3.8, 4) is 5.75 Å². The van der Waals surface area contributed by atoms with Gasteiger partial charge in [0.2, 0.25) is 0 Å². The van der Waals surface area contributed by atoms with Gasteiger partial charge in [0.15, 0.2) is 0 Å². The topological polar surface area (TPSA) is 9.23 Å². The summed E-state index contributed by atoms with van der Waals surface area (Å²) in [6.07, 6.45) is 0. The number of hydrogen-bond donors (Lipinski definition) is 0. The first-order valence-electron chi connectivity index (χ1n) is 5.51. The van der Waals surface area contributed by atoms with E-state index in [4.69, 9.17) is 16.3 Å². The number of alkyl halides is 1. The fourth-order valence-electron chi connectivity index (χ4n) is 1.55. The molecule has 0 atom stereocenters. The molecule has 0 N–H and O–H groups in total. The van der Waals surface area contributed by atoms with Crippen molar-refractivity contribution >= 4 is 43.5 Å². The molecule has 19 heavy (non-hydrogen) atoms. The molecule has 1 nitrogen and oxygen atoms in total. The maximum Gasteiger partial charge on any atom is 0.138 e. The number of ether oxygens (including phenoxy) is 1. The van der Waals surface area contributed by atoms with Crippen LogP contribution in [0.3, 0.4) is 0 Å². The summed E-state index contributed by atoms with van der Waals surface area (Å²) >= 11 is 12.8. The molecule has 0 amide bonds. The average Bonchev–Trinajstić information content (AvgIpc) is 2.40. The van der Waals surface area contributed by atoms with Crippen LogP contribution in [-0.4, -0.2) is 0 Å². The zero-order valence-electron chi connectivity index (χ0n) is 9.80. The monoisotopic (exact) mass is 406 g/mol. The van der Waals surface area contributed by atoms with Crippen molar-refractivity contribution in [1.29, 1.82) is 0 Å². The van der Waals surface area contributed by atoms with Gasteiger partial charge < -0.3 is 4.74 Å². The first-order valence-corrected chi connectivity index (χ1v) is 7.80. The third kappa shape index (κ3) is 3.94.